The predicted octanol–water partition coefficient (Wildman–Crippen LogP) is 1.83. The molecular formula is C8H16N4S3. The molecule has 0 bridgehead atoms. The van der Waals surface area contributed by atoms with Gasteiger partial charge in [-0.25, -0.2) is 9.35 Å². The third kappa shape index (κ3) is 2.14. The van der Waals surface area contributed by atoms with Crippen molar-refractivity contribution in [1.29, 1.82) is 0 Å². The fraction of sp³-hybridized carbons (Fsp3) is 0.625. The maximum Gasteiger partial charge on any atom is 0.219 e. The van der Waals surface area contributed by atoms with Gasteiger partial charge in [0.1, 0.15) is 10.1 Å². The van der Waals surface area contributed by atoms with Crippen LogP contribution in [0.2, 0.25) is 0 Å². The topological polar surface area (TPSA) is 25.1 Å². The third-order valence-corrected chi connectivity index (χ3v) is 3.96. The molecule has 1 heterocycles. The zero-order valence-electron chi connectivity index (χ0n) is 9.57. The summed E-state index contributed by atoms with van der Waals surface area (Å²) in [6.07, 6.45) is 4.11. The zero-order chi connectivity index (χ0) is 11.6. The van der Waals surface area contributed by atoms with E-state index in [1.54, 1.807) is 23.5 Å². The van der Waals surface area contributed by atoms with Gasteiger partial charge < -0.3 is 10.4 Å². The fourth-order valence-electron chi connectivity index (χ4n) is 1.36. The van der Waals surface area contributed by atoms with E-state index in [1.807, 2.05) is 35.5 Å². The average Bonchev–Trinajstić information content (AvgIpc) is 2.49. The van der Waals surface area contributed by atoms with Gasteiger partial charge in [-0.2, -0.15) is 0 Å². The van der Waals surface area contributed by atoms with Crippen LogP contribution in [0.5, 0.6) is 0 Å². The first kappa shape index (κ1) is 12.8. The summed E-state index contributed by atoms with van der Waals surface area (Å²) in [5, 5.41) is 4.29. The van der Waals surface area contributed by atoms with E-state index >= 15 is 0 Å². The zero-order valence-corrected chi connectivity index (χ0v) is 12.0. The maximum atomic E-state index is 5.40. The molecule has 0 radical (unpaired) electrons. The van der Waals surface area contributed by atoms with Crippen molar-refractivity contribution in [2.75, 3.05) is 44.1 Å². The lowest BCUT2D eigenvalue weighted by atomic mass is 10.9. The Hall–Kier alpha value is -0.270. The van der Waals surface area contributed by atoms with Gasteiger partial charge in [-0.05, 0) is 24.7 Å². The molecule has 0 unspecified atom stereocenters. The van der Waals surface area contributed by atoms with Crippen molar-refractivity contribution in [2.45, 2.75) is 10.1 Å². The number of aromatic nitrogens is 2. The van der Waals surface area contributed by atoms with E-state index in [9.17, 15) is 0 Å². The summed E-state index contributed by atoms with van der Waals surface area (Å²) in [4.78, 5) is 0. The average molecular weight is 264 g/mol. The van der Waals surface area contributed by atoms with Gasteiger partial charge in [-0.3, -0.25) is 0 Å². The van der Waals surface area contributed by atoms with Crippen molar-refractivity contribution in [3.63, 3.8) is 0 Å². The van der Waals surface area contributed by atoms with Crippen LogP contribution in [0.15, 0.2) is 10.1 Å². The second-order valence-corrected chi connectivity index (χ2v) is 4.97. The normalized spacial score (nSPS) is 10.5. The molecule has 4 nitrogen and oxygen atoms in total. The number of thioether (sulfide) groups is 2. The van der Waals surface area contributed by atoms with Crippen LogP contribution in [0.3, 0.4) is 0 Å². The van der Waals surface area contributed by atoms with Crippen LogP contribution < -0.4 is 10.4 Å². The predicted molar refractivity (Wildman–Crippen MR) is 72.2 cm³/mol. The van der Waals surface area contributed by atoms with Crippen LogP contribution >= 0.6 is 35.7 Å². The largest absolute Gasteiger partial charge is 0.326 e. The summed E-state index contributed by atoms with van der Waals surface area (Å²) < 4.78 is 4.70. The second kappa shape index (κ2) is 5.18. The van der Waals surface area contributed by atoms with Crippen LogP contribution in [0, 0.1) is 4.77 Å². The molecule has 7 heteroatoms. The molecule has 15 heavy (non-hydrogen) atoms. The maximum absolute atomic E-state index is 5.40. The van der Waals surface area contributed by atoms with Crippen LogP contribution in [0.4, 0.5) is 0 Å². The lowest BCUT2D eigenvalue weighted by molar-refractivity contribution is 0.655. The molecule has 0 spiro atoms. The van der Waals surface area contributed by atoms with E-state index < -0.39 is 0 Å². The molecule has 0 fully saturated rings. The van der Waals surface area contributed by atoms with Gasteiger partial charge in [-0.1, -0.05) is 0 Å². The quantitative estimate of drug-likeness (QED) is 0.661. The Labute approximate surface area is 104 Å². The highest BCUT2D eigenvalue weighted by Gasteiger charge is 2.16. The number of hydrogen-bond donors (Lipinski definition) is 1. The van der Waals surface area contributed by atoms with Gasteiger partial charge in [-0.15, -0.1) is 23.5 Å². The Morgan fingerprint density at radius 1 is 1.20 bits per heavy atom. The lowest BCUT2D eigenvalue weighted by Gasteiger charge is -2.15. The highest BCUT2D eigenvalue weighted by Crippen LogP contribution is 2.29. The molecule has 0 aromatic carbocycles. The number of rotatable bonds is 4. The Kier molecular flexibility index (Phi) is 4.42. The Balaban J connectivity index is 3.51. The monoisotopic (exact) mass is 264 g/mol. The molecule has 0 aliphatic heterocycles. The van der Waals surface area contributed by atoms with E-state index in [0.717, 1.165) is 14.8 Å². The van der Waals surface area contributed by atoms with E-state index in [-0.39, 0.29) is 0 Å². The first-order valence-electron chi connectivity index (χ1n) is 4.39. The molecule has 1 rings (SSSR count). The van der Waals surface area contributed by atoms with Crippen LogP contribution in [-0.2, 0) is 0 Å². The van der Waals surface area contributed by atoms with E-state index in [0.29, 0.717) is 0 Å². The van der Waals surface area contributed by atoms with Gasteiger partial charge in [0.05, 0.1) is 0 Å². The molecule has 0 saturated heterocycles. The standard InChI is InChI=1S/C8H16N4S3/c1-9-11-6(14-4)7(15-5)12(8(11)13)10(2)3/h9H,1-5H3. The van der Waals surface area contributed by atoms with E-state index in [2.05, 4.69) is 17.9 Å². The van der Waals surface area contributed by atoms with Gasteiger partial charge in [0.25, 0.3) is 0 Å². The Morgan fingerprint density at radius 3 is 2.07 bits per heavy atom. The summed E-state index contributed by atoms with van der Waals surface area (Å²) >= 11 is 8.79. The van der Waals surface area contributed by atoms with Crippen LogP contribution in [0.25, 0.3) is 0 Å². The van der Waals surface area contributed by atoms with E-state index in [4.69, 9.17) is 12.2 Å². The molecular weight excluding hydrogens is 248 g/mol. The summed E-state index contributed by atoms with van der Waals surface area (Å²) in [5.74, 6) is 0. The molecule has 0 atom stereocenters. The van der Waals surface area contributed by atoms with Gasteiger partial charge in [0.2, 0.25) is 4.77 Å². The molecule has 0 amide bonds. The third-order valence-electron chi connectivity index (χ3n) is 1.96. The minimum Gasteiger partial charge on any atom is -0.326 e. The molecule has 1 N–H and O–H groups in total. The first-order valence-corrected chi connectivity index (χ1v) is 7.25. The lowest BCUT2D eigenvalue weighted by Crippen LogP contribution is -2.26. The highest BCUT2D eigenvalue weighted by molar-refractivity contribution is 8.01. The summed E-state index contributed by atoms with van der Waals surface area (Å²) in [7, 11) is 5.85. The molecule has 0 aliphatic rings. The first-order chi connectivity index (χ1) is 7.08. The Morgan fingerprint density at radius 2 is 1.73 bits per heavy atom. The van der Waals surface area contributed by atoms with Crippen molar-refractivity contribution in [1.82, 2.24) is 9.35 Å². The molecule has 1 aromatic heterocycles. The highest BCUT2D eigenvalue weighted by atomic mass is 32.2. The van der Waals surface area contributed by atoms with Crippen molar-refractivity contribution < 1.29 is 0 Å². The number of nitrogens with zero attached hydrogens (tertiary/aromatic N) is 3. The summed E-state index contributed by atoms with van der Waals surface area (Å²) in [6.45, 7) is 0. The molecule has 86 valence electrons. The summed E-state index contributed by atoms with van der Waals surface area (Å²) in [6, 6.07) is 0. The molecule has 1 aromatic rings. The fourth-order valence-corrected chi connectivity index (χ4v) is 3.72. The van der Waals surface area contributed by atoms with E-state index in [1.165, 1.54) is 0 Å². The minimum atomic E-state index is 0.760. The van der Waals surface area contributed by atoms with Crippen molar-refractivity contribution in [3.05, 3.63) is 4.77 Å². The van der Waals surface area contributed by atoms with Gasteiger partial charge >= 0.3 is 0 Å². The molecule has 0 aliphatic carbocycles. The number of nitrogens with one attached hydrogen (secondary N) is 1. The van der Waals surface area contributed by atoms with Crippen molar-refractivity contribution >= 4 is 35.7 Å². The minimum absolute atomic E-state index is 0.760. The number of imidazole rings is 1. The Bertz CT molecular complexity index is 393. The summed E-state index contributed by atoms with van der Waals surface area (Å²) in [5.41, 5.74) is 3.10. The van der Waals surface area contributed by atoms with Crippen LogP contribution in [-0.4, -0.2) is 43.0 Å². The SMILES string of the molecule is CNn1c(SC)c(SC)n(N(C)C)c1=S. The number of hydrogen-bond acceptors (Lipinski definition) is 5. The van der Waals surface area contributed by atoms with Crippen molar-refractivity contribution in [2.24, 2.45) is 0 Å². The van der Waals surface area contributed by atoms with Gasteiger partial charge in [0, 0.05) is 21.1 Å². The molecule has 0 saturated carbocycles. The van der Waals surface area contributed by atoms with Gasteiger partial charge in [0.15, 0.2) is 0 Å². The smallest absolute Gasteiger partial charge is 0.219 e. The van der Waals surface area contributed by atoms with Crippen LogP contribution in [0.1, 0.15) is 0 Å². The van der Waals surface area contributed by atoms with Crippen molar-refractivity contribution in [3.8, 4) is 0 Å². The second-order valence-electron chi connectivity index (χ2n) is 3.02.